The molecule has 0 radical (unpaired) electrons. The summed E-state index contributed by atoms with van der Waals surface area (Å²) < 4.78 is 0. The number of likely N-dealkylation sites (N-methyl/N-ethyl adjacent to an activating group) is 1. The Morgan fingerprint density at radius 1 is 1.26 bits per heavy atom. The molecule has 0 aliphatic heterocycles. The maximum Gasteiger partial charge on any atom is 0.0199 e. The molecule has 2 heteroatoms. The minimum Gasteiger partial charge on any atom is -0.310 e. The number of rotatable bonds is 6. The van der Waals surface area contributed by atoms with Gasteiger partial charge in [0, 0.05) is 18.6 Å². The predicted octanol–water partition coefficient (Wildman–Crippen LogP) is 3.77. The van der Waals surface area contributed by atoms with E-state index in [1.807, 2.05) is 0 Å². The molecule has 0 saturated heterocycles. The molecule has 3 atom stereocenters. The first-order chi connectivity index (χ1) is 8.69. The lowest BCUT2D eigenvalue weighted by Gasteiger charge is -2.41. The van der Waals surface area contributed by atoms with Crippen LogP contribution in [0.5, 0.6) is 0 Å². The lowest BCUT2D eigenvalue weighted by atomic mass is 9.70. The lowest BCUT2D eigenvalue weighted by Crippen LogP contribution is -2.49. The molecule has 0 spiro atoms. The van der Waals surface area contributed by atoms with E-state index in [1.54, 1.807) is 0 Å². The van der Waals surface area contributed by atoms with E-state index in [-0.39, 0.29) is 0 Å². The van der Waals surface area contributed by atoms with Gasteiger partial charge in [0.05, 0.1) is 0 Å². The maximum atomic E-state index is 3.96. The Balaban J connectivity index is 2.53. The monoisotopic (exact) mass is 268 g/mol. The average Bonchev–Trinajstić information content (AvgIpc) is 2.19. The lowest BCUT2D eigenvalue weighted by molar-refractivity contribution is 0.133. The fourth-order valence-corrected chi connectivity index (χ4v) is 3.70. The van der Waals surface area contributed by atoms with Crippen LogP contribution < -0.4 is 5.32 Å². The molecule has 3 unspecified atom stereocenters. The summed E-state index contributed by atoms with van der Waals surface area (Å²) in [6, 6.07) is 1.36. The van der Waals surface area contributed by atoms with Gasteiger partial charge in [-0.2, -0.15) is 0 Å². The van der Waals surface area contributed by atoms with Crippen LogP contribution in [0.1, 0.15) is 60.3 Å². The van der Waals surface area contributed by atoms with Crippen LogP contribution in [0.25, 0.3) is 0 Å². The van der Waals surface area contributed by atoms with Gasteiger partial charge in [0.25, 0.3) is 0 Å². The predicted molar refractivity (Wildman–Crippen MR) is 85.5 cm³/mol. The molecule has 1 rings (SSSR count). The topological polar surface area (TPSA) is 15.3 Å². The molecule has 0 aromatic rings. The Morgan fingerprint density at radius 2 is 1.89 bits per heavy atom. The summed E-state index contributed by atoms with van der Waals surface area (Å²) in [5, 5.41) is 3.96. The molecule has 0 amide bonds. The molecule has 0 aromatic carbocycles. The van der Waals surface area contributed by atoms with Crippen LogP contribution in [0.4, 0.5) is 0 Å². The van der Waals surface area contributed by atoms with E-state index < -0.39 is 0 Å². The van der Waals surface area contributed by atoms with Crippen molar-refractivity contribution in [2.75, 3.05) is 20.6 Å². The Labute approximate surface area is 121 Å². The fourth-order valence-electron chi connectivity index (χ4n) is 3.70. The van der Waals surface area contributed by atoms with E-state index in [4.69, 9.17) is 0 Å². The highest BCUT2D eigenvalue weighted by molar-refractivity contribution is 4.89. The van der Waals surface area contributed by atoms with E-state index in [1.165, 1.54) is 25.7 Å². The van der Waals surface area contributed by atoms with Crippen molar-refractivity contribution in [3.05, 3.63) is 0 Å². The van der Waals surface area contributed by atoms with Crippen molar-refractivity contribution in [3.63, 3.8) is 0 Å². The summed E-state index contributed by atoms with van der Waals surface area (Å²) in [6.07, 6.45) is 5.35. The SMILES string of the molecule is CC(C)CC(CN(C)C)NC1CCC(C)(C)CC1C. The molecule has 0 aromatic heterocycles. The second-order valence-electron chi connectivity index (χ2n) is 8.25. The van der Waals surface area contributed by atoms with Crippen molar-refractivity contribution in [1.29, 1.82) is 0 Å². The van der Waals surface area contributed by atoms with Crippen LogP contribution in [0, 0.1) is 17.3 Å². The Bertz CT molecular complexity index is 248. The van der Waals surface area contributed by atoms with Gasteiger partial charge < -0.3 is 10.2 Å². The number of hydrogen-bond acceptors (Lipinski definition) is 2. The van der Waals surface area contributed by atoms with E-state index in [0.29, 0.717) is 11.5 Å². The number of nitrogens with zero attached hydrogens (tertiary/aromatic N) is 1. The third kappa shape index (κ3) is 6.27. The molecule has 2 nitrogen and oxygen atoms in total. The van der Waals surface area contributed by atoms with E-state index in [0.717, 1.165) is 24.4 Å². The normalized spacial score (nSPS) is 28.9. The van der Waals surface area contributed by atoms with Crippen LogP contribution in [-0.2, 0) is 0 Å². The van der Waals surface area contributed by atoms with Crippen LogP contribution in [-0.4, -0.2) is 37.6 Å². The molecule has 1 fully saturated rings. The van der Waals surface area contributed by atoms with Crippen LogP contribution in [0.3, 0.4) is 0 Å². The minimum absolute atomic E-state index is 0.548. The Hall–Kier alpha value is -0.0800. The maximum absolute atomic E-state index is 3.96. The van der Waals surface area contributed by atoms with Crippen molar-refractivity contribution in [2.24, 2.45) is 17.3 Å². The summed E-state index contributed by atoms with van der Waals surface area (Å²) in [7, 11) is 4.37. The molecule has 0 heterocycles. The summed E-state index contributed by atoms with van der Waals surface area (Å²) in [6.45, 7) is 13.1. The standard InChI is InChI=1S/C17H36N2/c1-13(2)10-15(12-19(6)7)18-16-8-9-17(4,5)11-14(16)3/h13-16,18H,8-12H2,1-7H3. The van der Waals surface area contributed by atoms with Gasteiger partial charge in [0.1, 0.15) is 0 Å². The zero-order valence-electron chi connectivity index (χ0n) is 14.3. The average molecular weight is 268 g/mol. The second kappa shape index (κ2) is 7.08. The van der Waals surface area contributed by atoms with E-state index in [9.17, 15) is 0 Å². The third-order valence-corrected chi connectivity index (χ3v) is 4.48. The third-order valence-electron chi connectivity index (χ3n) is 4.48. The van der Waals surface area contributed by atoms with Crippen molar-refractivity contribution in [3.8, 4) is 0 Å². The van der Waals surface area contributed by atoms with Gasteiger partial charge in [-0.25, -0.2) is 0 Å². The van der Waals surface area contributed by atoms with Crippen LogP contribution in [0.2, 0.25) is 0 Å². The van der Waals surface area contributed by atoms with E-state index in [2.05, 4.69) is 58.9 Å². The first kappa shape index (κ1) is 17.0. The molecular formula is C17H36N2. The van der Waals surface area contributed by atoms with Gasteiger partial charge in [-0.1, -0.05) is 34.6 Å². The molecule has 1 saturated carbocycles. The van der Waals surface area contributed by atoms with Gasteiger partial charge in [-0.15, -0.1) is 0 Å². The molecule has 1 aliphatic carbocycles. The highest BCUT2D eigenvalue weighted by Crippen LogP contribution is 2.38. The van der Waals surface area contributed by atoms with Crippen molar-refractivity contribution in [1.82, 2.24) is 10.2 Å². The minimum atomic E-state index is 0.548. The van der Waals surface area contributed by atoms with Gasteiger partial charge in [0.2, 0.25) is 0 Å². The zero-order valence-corrected chi connectivity index (χ0v) is 14.3. The van der Waals surface area contributed by atoms with E-state index >= 15 is 0 Å². The summed E-state index contributed by atoms with van der Waals surface area (Å²) in [5.41, 5.74) is 0.548. The Kier molecular flexibility index (Phi) is 6.32. The summed E-state index contributed by atoms with van der Waals surface area (Å²) >= 11 is 0. The molecule has 1 N–H and O–H groups in total. The van der Waals surface area contributed by atoms with Crippen molar-refractivity contribution in [2.45, 2.75) is 72.4 Å². The fraction of sp³-hybridized carbons (Fsp3) is 1.00. The first-order valence-electron chi connectivity index (χ1n) is 8.10. The molecular weight excluding hydrogens is 232 g/mol. The summed E-state index contributed by atoms with van der Waals surface area (Å²) in [4.78, 5) is 2.32. The van der Waals surface area contributed by atoms with Crippen molar-refractivity contribution < 1.29 is 0 Å². The number of hydrogen-bond donors (Lipinski definition) is 1. The van der Waals surface area contributed by atoms with Gasteiger partial charge in [0.15, 0.2) is 0 Å². The highest BCUT2D eigenvalue weighted by Gasteiger charge is 2.33. The molecule has 1 aliphatic rings. The quantitative estimate of drug-likeness (QED) is 0.789. The number of nitrogens with one attached hydrogen (secondary N) is 1. The molecule has 114 valence electrons. The molecule has 0 bridgehead atoms. The zero-order chi connectivity index (χ0) is 14.6. The largest absolute Gasteiger partial charge is 0.310 e. The molecule has 19 heavy (non-hydrogen) atoms. The Morgan fingerprint density at radius 3 is 2.37 bits per heavy atom. The van der Waals surface area contributed by atoms with Crippen LogP contribution in [0.15, 0.2) is 0 Å². The van der Waals surface area contributed by atoms with Gasteiger partial charge in [-0.05, 0) is 57.0 Å². The summed E-state index contributed by atoms with van der Waals surface area (Å²) in [5.74, 6) is 1.58. The first-order valence-corrected chi connectivity index (χ1v) is 8.10. The van der Waals surface area contributed by atoms with Gasteiger partial charge >= 0.3 is 0 Å². The van der Waals surface area contributed by atoms with Gasteiger partial charge in [-0.3, -0.25) is 0 Å². The van der Waals surface area contributed by atoms with Crippen molar-refractivity contribution >= 4 is 0 Å². The second-order valence-corrected chi connectivity index (χ2v) is 8.25. The van der Waals surface area contributed by atoms with Crippen LogP contribution >= 0.6 is 0 Å². The highest BCUT2D eigenvalue weighted by atomic mass is 15.1. The smallest absolute Gasteiger partial charge is 0.0199 e.